The first-order valence-corrected chi connectivity index (χ1v) is 17.0. The van der Waals surface area contributed by atoms with Crippen molar-refractivity contribution >= 4 is 25.0 Å². The summed E-state index contributed by atoms with van der Waals surface area (Å²) in [6.07, 6.45) is 25.4. The number of benzene rings is 2. The van der Waals surface area contributed by atoms with Gasteiger partial charge in [0.1, 0.15) is 6.29 Å². The van der Waals surface area contributed by atoms with Crippen LogP contribution in [0, 0.1) is 5.41 Å². The second-order valence-electron chi connectivity index (χ2n) is 12.2. The fourth-order valence-electron chi connectivity index (χ4n) is 5.91. The normalized spacial score (nSPS) is 17.2. The lowest BCUT2D eigenvalue weighted by Crippen LogP contribution is -2.67. The molecule has 0 amide bonds. The Bertz CT molecular complexity index is 1020. The van der Waals surface area contributed by atoms with Crippen LogP contribution in [0.25, 0.3) is 0 Å². The van der Waals surface area contributed by atoms with E-state index in [1.165, 1.54) is 42.3 Å². The SMILES string of the molecule is CCCCC/C=C\CC(/C=C/C=C\C1(C=O)CCCCC1)O[Si](c1ccccc1)(c1ccccc1)C(C)(C)C. The fraction of sp³-hybridized carbons (Fsp3) is 0.472. The molecule has 1 unspecified atom stereocenters. The number of unbranched alkanes of at least 4 members (excludes halogenated alkanes) is 3. The Balaban J connectivity index is 1.96. The Morgan fingerprint density at radius 3 is 2.03 bits per heavy atom. The number of carbonyl (C=O) groups is 1. The first-order valence-electron chi connectivity index (χ1n) is 15.1. The maximum Gasteiger partial charge on any atom is 0.261 e. The van der Waals surface area contributed by atoms with Gasteiger partial charge in [0.05, 0.1) is 6.10 Å². The largest absolute Gasteiger partial charge is 0.401 e. The molecular weight excluding hydrogens is 492 g/mol. The summed E-state index contributed by atoms with van der Waals surface area (Å²) >= 11 is 0. The number of allylic oxidation sites excluding steroid dienone is 4. The van der Waals surface area contributed by atoms with Crippen molar-refractivity contribution in [1.29, 1.82) is 0 Å². The van der Waals surface area contributed by atoms with Gasteiger partial charge in [0, 0.05) is 5.41 Å². The summed E-state index contributed by atoms with van der Waals surface area (Å²) < 4.78 is 7.44. The van der Waals surface area contributed by atoms with E-state index in [2.05, 4.69) is 125 Å². The average molecular weight is 543 g/mol. The molecule has 1 saturated carbocycles. The molecule has 2 aromatic carbocycles. The molecule has 0 heterocycles. The van der Waals surface area contributed by atoms with Crippen LogP contribution in [0.2, 0.25) is 5.04 Å². The topological polar surface area (TPSA) is 26.3 Å². The summed E-state index contributed by atoms with van der Waals surface area (Å²) in [7, 11) is -2.67. The summed E-state index contributed by atoms with van der Waals surface area (Å²) in [4.78, 5) is 12.0. The van der Waals surface area contributed by atoms with Gasteiger partial charge in [0.15, 0.2) is 0 Å². The van der Waals surface area contributed by atoms with E-state index < -0.39 is 8.32 Å². The molecule has 1 aliphatic rings. The van der Waals surface area contributed by atoms with Crippen molar-refractivity contribution in [3.63, 3.8) is 0 Å². The van der Waals surface area contributed by atoms with E-state index in [1.807, 2.05) is 0 Å². The molecule has 2 nitrogen and oxygen atoms in total. The molecule has 1 fully saturated rings. The Hall–Kier alpha value is -2.49. The van der Waals surface area contributed by atoms with Gasteiger partial charge in [-0.05, 0) is 47.5 Å². The van der Waals surface area contributed by atoms with Gasteiger partial charge in [0.25, 0.3) is 8.32 Å². The minimum absolute atomic E-state index is 0.0677. The standard InChI is InChI=1S/C36H50O2Si/c1-5-6-7-8-9-13-22-32(23-18-21-30-36(31-37)28-19-12-20-29-36)38-39(35(2,3)4,33-24-14-10-15-25-33)34-26-16-11-17-27-34/h9-11,13-18,21,23-27,30-32H,5-8,12,19-20,22,28-29H2,1-4H3/b13-9-,23-18+,30-21-. The Morgan fingerprint density at radius 2 is 1.49 bits per heavy atom. The highest BCUT2D eigenvalue weighted by atomic mass is 28.4. The first-order chi connectivity index (χ1) is 18.9. The van der Waals surface area contributed by atoms with Gasteiger partial charge in [-0.2, -0.15) is 0 Å². The molecule has 0 N–H and O–H groups in total. The summed E-state index contributed by atoms with van der Waals surface area (Å²) in [5, 5.41) is 2.52. The molecule has 39 heavy (non-hydrogen) atoms. The minimum Gasteiger partial charge on any atom is -0.401 e. The lowest BCUT2D eigenvalue weighted by Gasteiger charge is -2.44. The monoisotopic (exact) mass is 542 g/mol. The van der Waals surface area contributed by atoms with E-state index in [9.17, 15) is 4.79 Å². The van der Waals surface area contributed by atoms with Crippen LogP contribution in [0.15, 0.2) is 97.1 Å². The minimum atomic E-state index is -2.67. The van der Waals surface area contributed by atoms with Crippen LogP contribution >= 0.6 is 0 Å². The molecule has 0 saturated heterocycles. The molecule has 2 aromatic rings. The molecular formula is C36H50O2Si. The highest BCUT2D eigenvalue weighted by molar-refractivity contribution is 6.99. The second kappa shape index (κ2) is 15.3. The van der Waals surface area contributed by atoms with E-state index in [-0.39, 0.29) is 16.6 Å². The van der Waals surface area contributed by atoms with Crippen molar-refractivity contribution in [2.24, 2.45) is 5.41 Å². The van der Waals surface area contributed by atoms with Crippen LogP contribution in [0.5, 0.6) is 0 Å². The summed E-state index contributed by atoms with van der Waals surface area (Å²) in [5.41, 5.74) is -0.296. The summed E-state index contributed by atoms with van der Waals surface area (Å²) in [6, 6.07) is 21.7. The Morgan fingerprint density at radius 1 is 0.872 bits per heavy atom. The number of rotatable bonds is 14. The molecule has 210 valence electrons. The maximum absolute atomic E-state index is 12.0. The highest BCUT2D eigenvalue weighted by Gasteiger charge is 2.51. The molecule has 0 radical (unpaired) electrons. The van der Waals surface area contributed by atoms with Crippen molar-refractivity contribution in [3.05, 3.63) is 97.1 Å². The van der Waals surface area contributed by atoms with Crippen molar-refractivity contribution in [1.82, 2.24) is 0 Å². The smallest absolute Gasteiger partial charge is 0.261 e. The van der Waals surface area contributed by atoms with Crippen LogP contribution in [0.4, 0.5) is 0 Å². The van der Waals surface area contributed by atoms with Gasteiger partial charge in [-0.15, -0.1) is 0 Å². The van der Waals surface area contributed by atoms with Crippen LogP contribution < -0.4 is 10.4 Å². The quantitative estimate of drug-likeness (QED) is 0.0784. The van der Waals surface area contributed by atoms with Crippen LogP contribution in [-0.2, 0) is 9.22 Å². The number of aldehydes is 1. The van der Waals surface area contributed by atoms with Crippen LogP contribution in [-0.4, -0.2) is 20.7 Å². The molecule has 1 atom stereocenters. The van der Waals surface area contributed by atoms with Crippen molar-refractivity contribution in [3.8, 4) is 0 Å². The fourth-order valence-corrected chi connectivity index (χ4v) is 10.6. The third kappa shape index (κ3) is 8.49. The zero-order chi connectivity index (χ0) is 28.0. The number of carbonyl (C=O) groups excluding carboxylic acids is 1. The van der Waals surface area contributed by atoms with E-state index >= 15 is 0 Å². The van der Waals surface area contributed by atoms with Crippen LogP contribution in [0.1, 0.15) is 91.9 Å². The average Bonchev–Trinajstić information content (AvgIpc) is 2.96. The van der Waals surface area contributed by atoms with Crippen molar-refractivity contribution < 1.29 is 9.22 Å². The molecule has 3 rings (SSSR count). The van der Waals surface area contributed by atoms with Gasteiger partial charge >= 0.3 is 0 Å². The van der Waals surface area contributed by atoms with Crippen molar-refractivity contribution in [2.75, 3.05) is 0 Å². The molecule has 0 aliphatic heterocycles. The lowest BCUT2D eigenvalue weighted by atomic mass is 9.75. The zero-order valence-corrected chi connectivity index (χ0v) is 25.8. The first kappa shape index (κ1) is 31.0. The number of hydrogen-bond donors (Lipinski definition) is 0. The molecule has 0 bridgehead atoms. The van der Waals surface area contributed by atoms with Crippen molar-refractivity contribution in [2.45, 2.75) is 103 Å². The molecule has 3 heteroatoms. The predicted molar refractivity (Wildman–Crippen MR) is 170 cm³/mol. The Labute approximate surface area is 239 Å². The zero-order valence-electron chi connectivity index (χ0n) is 24.8. The third-order valence-electron chi connectivity index (χ3n) is 8.14. The van der Waals surface area contributed by atoms with E-state index in [0.717, 1.165) is 38.5 Å². The van der Waals surface area contributed by atoms with Gasteiger partial charge in [-0.1, -0.05) is 157 Å². The van der Waals surface area contributed by atoms with Gasteiger partial charge in [-0.3, -0.25) is 0 Å². The molecule has 0 spiro atoms. The molecule has 1 aliphatic carbocycles. The third-order valence-corrected chi connectivity index (χ3v) is 13.2. The summed E-state index contributed by atoms with van der Waals surface area (Å²) in [6.45, 7) is 9.24. The Kier molecular flexibility index (Phi) is 12.2. The predicted octanol–water partition coefficient (Wildman–Crippen LogP) is 8.72. The summed E-state index contributed by atoms with van der Waals surface area (Å²) in [5.74, 6) is 0. The van der Waals surface area contributed by atoms with Crippen LogP contribution in [0.3, 0.4) is 0 Å². The van der Waals surface area contributed by atoms with Gasteiger partial charge in [0.2, 0.25) is 0 Å². The van der Waals surface area contributed by atoms with Gasteiger partial charge in [-0.25, -0.2) is 0 Å². The van der Waals surface area contributed by atoms with E-state index in [0.29, 0.717) is 0 Å². The second-order valence-corrected chi connectivity index (χ2v) is 16.4. The highest BCUT2D eigenvalue weighted by Crippen LogP contribution is 2.38. The maximum atomic E-state index is 12.0. The molecule has 0 aromatic heterocycles. The van der Waals surface area contributed by atoms with E-state index in [1.54, 1.807) is 0 Å². The lowest BCUT2D eigenvalue weighted by molar-refractivity contribution is -0.115. The van der Waals surface area contributed by atoms with Gasteiger partial charge < -0.3 is 9.22 Å². The number of hydrogen-bond acceptors (Lipinski definition) is 2. The van der Waals surface area contributed by atoms with E-state index in [4.69, 9.17) is 4.43 Å².